The normalized spacial score (nSPS) is 10.6. The molecule has 0 aliphatic heterocycles. The molecule has 0 atom stereocenters. The van der Waals surface area contributed by atoms with Crippen LogP contribution in [0.15, 0.2) is 23.0 Å². The van der Waals surface area contributed by atoms with Gasteiger partial charge in [0.2, 0.25) is 0 Å². The van der Waals surface area contributed by atoms with Crippen LogP contribution in [0.5, 0.6) is 0 Å². The molecule has 0 unspecified atom stereocenters. The minimum atomic E-state index is -0.431. The molecule has 23 heavy (non-hydrogen) atoms. The second kappa shape index (κ2) is 6.38. The summed E-state index contributed by atoms with van der Waals surface area (Å²) < 4.78 is 1.14. The molecule has 1 aromatic carbocycles. The highest BCUT2D eigenvalue weighted by Crippen LogP contribution is 2.25. The quantitative estimate of drug-likeness (QED) is 0.678. The number of benzene rings is 1. The molecule has 0 spiro atoms. The van der Waals surface area contributed by atoms with Gasteiger partial charge in [0.1, 0.15) is 12.3 Å². The number of aliphatic hydroxyl groups excluding tert-OH is 1. The Balaban J connectivity index is 2.05. The molecule has 3 rings (SSSR count). The Hall–Kier alpha value is -2.40. The first kappa shape index (κ1) is 15.5. The summed E-state index contributed by atoms with van der Waals surface area (Å²) in [4.78, 5) is 12.4. The van der Waals surface area contributed by atoms with Crippen molar-refractivity contribution in [3.05, 3.63) is 49.9 Å². The van der Waals surface area contributed by atoms with Crippen LogP contribution < -0.4 is 5.56 Å². The largest absolute Gasteiger partial charge is 0.384 e. The van der Waals surface area contributed by atoms with E-state index in [0.717, 1.165) is 4.68 Å². The Morgan fingerprint density at radius 2 is 2.13 bits per heavy atom. The van der Waals surface area contributed by atoms with Crippen LogP contribution in [0.25, 0.3) is 11.0 Å². The molecule has 0 aliphatic rings. The van der Waals surface area contributed by atoms with E-state index in [0.29, 0.717) is 21.3 Å². The number of hydrogen-bond acceptors (Lipinski definition) is 5. The third-order valence-electron chi connectivity index (χ3n) is 3.07. The summed E-state index contributed by atoms with van der Waals surface area (Å²) in [7, 11) is 0. The van der Waals surface area contributed by atoms with Crippen LogP contribution in [-0.4, -0.2) is 36.9 Å². The Kier molecular flexibility index (Phi) is 4.30. The van der Waals surface area contributed by atoms with E-state index >= 15 is 0 Å². The van der Waals surface area contributed by atoms with Crippen molar-refractivity contribution < 1.29 is 5.11 Å². The highest BCUT2D eigenvalue weighted by Gasteiger charge is 2.14. The van der Waals surface area contributed by atoms with Crippen LogP contribution in [0.4, 0.5) is 0 Å². The fourth-order valence-corrected chi connectivity index (χ4v) is 2.37. The summed E-state index contributed by atoms with van der Waals surface area (Å²) in [6, 6.07) is 5.14. The van der Waals surface area contributed by atoms with Crippen molar-refractivity contribution in [3.8, 4) is 11.8 Å². The molecular formula is C14H9Cl2N5O2. The maximum Gasteiger partial charge on any atom is 0.298 e. The van der Waals surface area contributed by atoms with Gasteiger partial charge in [0.05, 0.1) is 16.6 Å². The molecule has 0 fully saturated rings. The lowest BCUT2D eigenvalue weighted by atomic mass is 10.2. The van der Waals surface area contributed by atoms with E-state index in [9.17, 15) is 4.79 Å². The van der Waals surface area contributed by atoms with Gasteiger partial charge < -0.3 is 5.11 Å². The highest BCUT2D eigenvalue weighted by atomic mass is 35.5. The predicted octanol–water partition coefficient (Wildman–Crippen LogP) is 1.21. The topological polar surface area (TPSA) is 96.7 Å². The number of rotatable bonds is 2. The average molecular weight is 350 g/mol. The van der Waals surface area contributed by atoms with E-state index in [1.54, 1.807) is 18.2 Å². The average Bonchev–Trinajstić information content (AvgIpc) is 2.96. The molecule has 2 aromatic heterocycles. The summed E-state index contributed by atoms with van der Waals surface area (Å²) in [5.41, 5.74) is 0.904. The van der Waals surface area contributed by atoms with Crippen molar-refractivity contribution in [1.82, 2.24) is 25.2 Å². The number of H-pyrrole nitrogens is 1. The van der Waals surface area contributed by atoms with Gasteiger partial charge in [0.25, 0.3) is 5.56 Å². The summed E-state index contributed by atoms with van der Waals surface area (Å²) in [6.45, 7) is -0.191. The van der Waals surface area contributed by atoms with Gasteiger partial charge in [-0.3, -0.25) is 9.89 Å². The minimum Gasteiger partial charge on any atom is -0.384 e. The van der Waals surface area contributed by atoms with E-state index in [4.69, 9.17) is 28.3 Å². The Labute approximate surface area is 139 Å². The van der Waals surface area contributed by atoms with Crippen molar-refractivity contribution in [2.45, 2.75) is 6.54 Å². The predicted molar refractivity (Wildman–Crippen MR) is 85.5 cm³/mol. The van der Waals surface area contributed by atoms with Crippen LogP contribution in [0.3, 0.4) is 0 Å². The molecule has 7 nitrogen and oxygen atoms in total. The van der Waals surface area contributed by atoms with Gasteiger partial charge in [-0.15, -0.1) is 5.10 Å². The second-order valence-electron chi connectivity index (χ2n) is 4.52. The number of aliphatic hydroxyl groups is 1. The standard InChI is InChI=1S/C14H9Cl2N5O2/c15-9-4-1-3-8(11(9)16)7-21-14(23)13-12(19-20-21)10(17-18-13)5-2-6-22/h1,3-4,22H,6-7H2,(H,17,18). The Morgan fingerprint density at radius 3 is 2.91 bits per heavy atom. The fourth-order valence-electron chi connectivity index (χ4n) is 1.99. The minimum absolute atomic E-state index is 0.111. The summed E-state index contributed by atoms with van der Waals surface area (Å²) in [5.74, 6) is 5.08. The summed E-state index contributed by atoms with van der Waals surface area (Å²) in [6.07, 6.45) is 0. The third kappa shape index (κ3) is 2.92. The first-order chi connectivity index (χ1) is 11.1. The molecular weight excluding hydrogens is 341 g/mol. The monoisotopic (exact) mass is 349 g/mol. The first-order valence-corrected chi connectivity index (χ1v) is 7.22. The van der Waals surface area contributed by atoms with Gasteiger partial charge in [-0.05, 0) is 17.6 Å². The number of nitrogens with zero attached hydrogens (tertiary/aromatic N) is 4. The van der Waals surface area contributed by atoms with Crippen LogP contribution >= 0.6 is 23.2 Å². The molecule has 0 radical (unpaired) electrons. The molecule has 0 amide bonds. The van der Waals surface area contributed by atoms with Crippen molar-refractivity contribution in [3.63, 3.8) is 0 Å². The van der Waals surface area contributed by atoms with Crippen molar-refractivity contribution >= 4 is 34.2 Å². The SMILES string of the molecule is O=c1c2n[nH]c(C#CCO)c2nnn1Cc1cccc(Cl)c1Cl. The van der Waals surface area contributed by atoms with Crippen molar-refractivity contribution in [2.24, 2.45) is 0 Å². The van der Waals surface area contributed by atoms with E-state index < -0.39 is 5.56 Å². The zero-order valence-electron chi connectivity index (χ0n) is 11.5. The lowest BCUT2D eigenvalue weighted by Gasteiger charge is -2.06. The maximum atomic E-state index is 12.4. The molecule has 0 aliphatic carbocycles. The molecule has 0 bridgehead atoms. The number of hydrogen-bond donors (Lipinski definition) is 2. The van der Waals surface area contributed by atoms with Gasteiger partial charge in [0.15, 0.2) is 11.0 Å². The van der Waals surface area contributed by atoms with Gasteiger partial charge in [0, 0.05) is 0 Å². The number of aromatic amines is 1. The molecule has 3 aromatic rings. The lowest BCUT2D eigenvalue weighted by Crippen LogP contribution is -2.25. The van der Waals surface area contributed by atoms with E-state index in [1.807, 2.05) is 0 Å². The van der Waals surface area contributed by atoms with Gasteiger partial charge in [-0.1, -0.05) is 46.5 Å². The van der Waals surface area contributed by atoms with Crippen molar-refractivity contribution in [2.75, 3.05) is 6.61 Å². The Morgan fingerprint density at radius 1 is 1.30 bits per heavy atom. The van der Waals surface area contributed by atoms with E-state index in [-0.39, 0.29) is 24.2 Å². The van der Waals surface area contributed by atoms with Gasteiger partial charge in [-0.2, -0.15) is 5.10 Å². The highest BCUT2D eigenvalue weighted by molar-refractivity contribution is 6.42. The van der Waals surface area contributed by atoms with E-state index in [2.05, 4.69) is 32.4 Å². The molecule has 0 saturated heterocycles. The van der Waals surface area contributed by atoms with Gasteiger partial charge in [-0.25, -0.2) is 4.68 Å². The number of aromatic nitrogens is 5. The second-order valence-corrected chi connectivity index (χ2v) is 5.31. The fraction of sp³-hybridized carbons (Fsp3) is 0.143. The smallest absolute Gasteiger partial charge is 0.298 e. The summed E-state index contributed by atoms with van der Waals surface area (Å²) in [5, 5.41) is 23.8. The zero-order chi connectivity index (χ0) is 16.4. The van der Waals surface area contributed by atoms with Crippen LogP contribution in [0.1, 0.15) is 11.3 Å². The molecule has 9 heteroatoms. The van der Waals surface area contributed by atoms with Crippen LogP contribution in [0, 0.1) is 11.8 Å². The van der Waals surface area contributed by atoms with E-state index in [1.165, 1.54) is 0 Å². The first-order valence-electron chi connectivity index (χ1n) is 6.46. The molecule has 2 heterocycles. The molecule has 116 valence electrons. The molecule has 2 N–H and O–H groups in total. The summed E-state index contributed by atoms with van der Waals surface area (Å²) >= 11 is 12.1. The van der Waals surface area contributed by atoms with Crippen molar-refractivity contribution in [1.29, 1.82) is 0 Å². The third-order valence-corrected chi connectivity index (χ3v) is 3.93. The van der Waals surface area contributed by atoms with Gasteiger partial charge >= 0.3 is 0 Å². The van der Waals surface area contributed by atoms with Crippen LogP contribution in [-0.2, 0) is 6.54 Å². The zero-order valence-corrected chi connectivity index (χ0v) is 13.1. The lowest BCUT2D eigenvalue weighted by molar-refractivity contribution is 0.350. The molecule has 0 saturated carbocycles. The number of nitrogens with one attached hydrogen (secondary N) is 1. The van der Waals surface area contributed by atoms with Crippen LogP contribution in [0.2, 0.25) is 10.0 Å². The number of halogens is 2. The Bertz CT molecular complexity index is 1000. The maximum absolute atomic E-state index is 12.4. The number of fused-ring (bicyclic) bond motifs is 1.